The maximum atomic E-state index is 12.7. The van der Waals surface area contributed by atoms with E-state index < -0.39 is 10.0 Å². The van der Waals surface area contributed by atoms with E-state index in [1.54, 1.807) is 4.31 Å². The van der Waals surface area contributed by atoms with Crippen molar-refractivity contribution in [3.63, 3.8) is 0 Å². The summed E-state index contributed by atoms with van der Waals surface area (Å²) in [5.41, 5.74) is 1.07. The normalized spacial score (nSPS) is 20.0. The summed E-state index contributed by atoms with van der Waals surface area (Å²) in [7, 11) is -3.36. The molecule has 1 fully saturated rings. The Morgan fingerprint density at radius 1 is 1.33 bits per heavy atom. The number of hydrogen-bond acceptors (Lipinski definition) is 3. The van der Waals surface area contributed by atoms with Crippen LogP contribution in [0.4, 0.5) is 0 Å². The minimum absolute atomic E-state index is 0.442. The Kier molecular flexibility index (Phi) is 4.19. The van der Waals surface area contributed by atoms with Crippen molar-refractivity contribution in [2.45, 2.75) is 43.7 Å². The predicted octanol–water partition coefficient (Wildman–Crippen LogP) is 1.88. The van der Waals surface area contributed by atoms with Crippen LogP contribution in [0, 0.1) is 0 Å². The summed E-state index contributed by atoms with van der Waals surface area (Å²) < 4.78 is 29.2. The zero-order valence-electron chi connectivity index (χ0n) is 12.5. The number of aromatic nitrogens is 1. The minimum Gasteiger partial charge on any atom is -0.346 e. The molecular weight excluding hydrogens is 286 g/mol. The van der Waals surface area contributed by atoms with Gasteiger partial charge in [-0.05, 0) is 31.9 Å². The maximum absolute atomic E-state index is 12.7. The van der Waals surface area contributed by atoms with Crippen molar-refractivity contribution in [2.24, 2.45) is 0 Å². The number of sulfonamides is 1. The van der Waals surface area contributed by atoms with Gasteiger partial charge in [-0.3, -0.25) is 0 Å². The topological polar surface area (TPSA) is 54.3 Å². The lowest BCUT2D eigenvalue weighted by molar-refractivity contribution is 0.437. The average Bonchev–Trinajstić information content (AvgIpc) is 3.25. The minimum atomic E-state index is -3.36. The first-order valence-electron chi connectivity index (χ1n) is 7.69. The van der Waals surface area contributed by atoms with Crippen molar-refractivity contribution in [3.05, 3.63) is 30.1 Å². The summed E-state index contributed by atoms with van der Waals surface area (Å²) in [6.07, 6.45) is 8.90. The fourth-order valence-corrected chi connectivity index (χ4v) is 4.17. The summed E-state index contributed by atoms with van der Waals surface area (Å²) in [5, 5.41) is 3.29. The molecular formula is C15H23N3O2S. The van der Waals surface area contributed by atoms with Gasteiger partial charge in [0.15, 0.2) is 0 Å². The van der Waals surface area contributed by atoms with Gasteiger partial charge < -0.3 is 9.88 Å². The van der Waals surface area contributed by atoms with Crippen LogP contribution in [0.2, 0.25) is 0 Å². The van der Waals surface area contributed by atoms with Gasteiger partial charge in [-0.2, -0.15) is 4.31 Å². The molecule has 3 rings (SSSR count). The Morgan fingerprint density at radius 2 is 2.14 bits per heavy atom. The van der Waals surface area contributed by atoms with E-state index in [-0.39, 0.29) is 0 Å². The second-order valence-electron chi connectivity index (χ2n) is 5.71. The van der Waals surface area contributed by atoms with Crippen LogP contribution < -0.4 is 5.32 Å². The van der Waals surface area contributed by atoms with Crippen LogP contribution in [-0.4, -0.2) is 36.9 Å². The van der Waals surface area contributed by atoms with Gasteiger partial charge in [0.05, 0.1) is 0 Å². The van der Waals surface area contributed by atoms with E-state index in [2.05, 4.69) is 16.8 Å². The van der Waals surface area contributed by atoms with Crippen molar-refractivity contribution in [2.75, 3.05) is 19.6 Å². The molecule has 1 saturated carbocycles. The van der Waals surface area contributed by atoms with Crippen molar-refractivity contribution in [1.29, 1.82) is 0 Å². The molecule has 116 valence electrons. The van der Waals surface area contributed by atoms with Crippen LogP contribution in [-0.2, 0) is 16.6 Å². The van der Waals surface area contributed by atoms with Crippen LogP contribution >= 0.6 is 0 Å². The van der Waals surface area contributed by atoms with Gasteiger partial charge in [0.1, 0.15) is 4.90 Å². The predicted molar refractivity (Wildman–Crippen MR) is 82.6 cm³/mol. The molecule has 1 N–H and O–H groups in total. The summed E-state index contributed by atoms with van der Waals surface area (Å²) >= 11 is 0. The lowest BCUT2D eigenvalue weighted by Gasteiger charge is -2.21. The van der Waals surface area contributed by atoms with Gasteiger partial charge in [0.25, 0.3) is 0 Å². The molecule has 0 radical (unpaired) electrons. The summed E-state index contributed by atoms with van der Waals surface area (Å²) in [6.45, 7) is 4.73. The Hall–Kier alpha value is -1.11. The monoisotopic (exact) mass is 309 g/mol. The fraction of sp³-hybridized carbons (Fsp3) is 0.600. The molecule has 1 aromatic heterocycles. The molecule has 21 heavy (non-hydrogen) atoms. The molecule has 2 aliphatic rings. The third-order valence-electron chi connectivity index (χ3n) is 4.06. The van der Waals surface area contributed by atoms with E-state index >= 15 is 0 Å². The molecule has 0 saturated heterocycles. The molecule has 1 aromatic rings. The van der Waals surface area contributed by atoms with Gasteiger partial charge in [0, 0.05) is 37.6 Å². The van der Waals surface area contributed by atoms with Crippen LogP contribution in [0.15, 0.2) is 29.3 Å². The largest absolute Gasteiger partial charge is 0.346 e. The van der Waals surface area contributed by atoms with Gasteiger partial charge in [0.2, 0.25) is 10.0 Å². The first-order chi connectivity index (χ1) is 10.1. The van der Waals surface area contributed by atoms with E-state index in [1.165, 1.54) is 0 Å². The average molecular weight is 309 g/mol. The molecule has 0 atom stereocenters. The summed E-state index contributed by atoms with van der Waals surface area (Å²) in [6, 6.07) is 2.33. The fourth-order valence-electron chi connectivity index (χ4n) is 2.71. The van der Waals surface area contributed by atoms with Gasteiger partial charge in [-0.15, -0.1) is 0 Å². The van der Waals surface area contributed by atoms with Crippen molar-refractivity contribution < 1.29 is 8.42 Å². The maximum Gasteiger partial charge on any atom is 0.244 e. The van der Waals surface area contributed by atoms with Crippen molar-refractivity contribution in [1.82, 2.24) is 14.2 Å². The Morgan fingerprint density at radius 3 is 2.76 bits per heavy atom. The van der Waals surface area contributed by atoms with Crippen LogP contribution in [0.25, 0.3) is 0 Å². The Bertz CT molecular complexity index is 629. The quantitative estimate of drug-likeness (QED) is 0.816. The first-order valence-corrected chi connectivity index (χ1v) is 9.13. The van der Waals surface area contributed by atoms with Crippen LogP contribution in [0.5, 0.6) is 0 Å². The molecule has 2 heterocycles. The highest BCUT2D eigenvalue weighted by Crippen LogP contribution is 2.37. The third-order valence-corrected chi connectivity index (χ3v) is 5.89. The third kappa shape index (κ3) is 3.07. The molecule has 1 aliphatic carbocycles. The summed E-state index contributed by atoms with van der Waals surface area (Å²) in [4.78, 5) is 0.442. The smallest absolute Gasteiger partial charge is 0.244 e. The zero-order chi connectivity index (χ0) is 14.9. The van der Waals surface area contributed by atoms with Gasteiger partial charge in [-0.25, -0.2) is 8.42 Å². The molecule has 0 aromatic carbocycles. The number of hydrogen-bond donors (Lipinski definition) is 1. The van der Waals surface area contributed by atoms with E-state index in [0.29, 0.717) is 24.0 Å². The Balaban J connectivity index is 1.88. The highest BCUT2D eigenvalue weighted by atomic mass is 32.2. The highest BCUT2D eigenvalue weighted by Gasteiger charge is 2.30. The first kappa shape index (κ1) is 14.8. The Labute approximate surface area is 126 Å². The van der Waals surface area contributed by atoms with Crippen LogP contribution in [0.3, 0.4) is 0 Å². The van der Waals surface area contributed by atoms with Gasteiger partial charge in [-0.1, -0.05) is 19.1 Å². The second-order valence-corrected chi connectivity index (χ2v) is 7.65. The molecule has 5 nitrogen and oxygen atoms in total. The highest BCUT2D eigenvalue weighted by molar-refractivity contribution is 7.89. The van der Waals surface area contributed by atoms with E-state index in [9.17, 15) is 8.42 Å². The summed E-state index contributed by atoms with van der Waals surface area (Å²) in [5.74, 6) is 0. The lowest BCUT2D eigenvalue weighted by Crippen LogP contribution is -2.33. The second kappa shape index (κ2) is 5.94. The van der Waals surface area contributed by atoms with E-state index in [0.717, 1.165) is 38.0 Å². The zero-order valence-corrected chi connectivity index (χ0v) is 13.3. The number of nitrogens with one attached hydrogen (secondary N) is 1. The molecule has 0 spiro atoms. The van der Waals surface area contributed by atoms with E-state index in [4.69, 9.17) is 0 Å². The SMILES string of the molecule is CCNCc1cc(S(=O)(=O)N2CC=CCC2)cn1C1CC1. The molecule has 0 amide bonds. The molecule has 6 heteroatoms. The lowest BCUT2D eigenvalue weighted by atomic mass is 10.3. The number of rotatable bonds is 6. The van der Waals surface area contributed by atoms with Crippen molar-refractivity contribution in [3.8, 4) is 0 Å². The van der Waals surface area contributed by atoms with Crippen molar-refractivity contribution >= 4 is 10.0 Å². The molecule has 0 bridgehead atoms. The van der Waals surface area contributed by atoms with E-state index in [1.807, 2.05) is 24.4 Å². The molecule has 0 unspecified atom stereocenters. The van der Waals surface area contributed by atoms with Crippen LogP contribution in [0.1, 0.15) is 37.9 Å². The number of nitrogens with zero attached hydrogens (tertiary/aromatic N) is 2. The molecule has 1 aliphatic heterocycles. The van der Waals surface area contributed by atoms with Gasteiger partial charge >= 0.3 is 0 Å². The standard InChI is InChI=1S/C15H23N3O2S/c1-2-16-11-14-10-15(12-18(14)13-6-7-13)21(19,20)17-8-4-3-5-9-17/h3-4,10,12-13,16H,2,5-9,11H2,1H3.